The van der Waals surface area contributed by atoms with Crippen molar-refractivity contribution in [1.82, 2.24) is 9.88 Å². The summed E-state index contributed by atoms with van der Waals surface area (Å²) in [4.78, 5) is 9.05. The van der Waals surface area contributed by atoms with Crippen LogP contribution in [0, 0.1) is 5.82 Å². The van der Waals surface area contributed by atoms with Gasteiger partial charge < -0.3 is 9.64 Å². The van der Waals surface area contributed by atoms with Crippen LogP contribution in [-0.4, -0.2) is 43.2 Å². The van der Waals surface area contributed by atoms with E-state index in [1.165, 1.54) is 12.1 Å². The van der Waals surface area contributed by atoms with Crippen LogP contribution < -0.4 is 9.64 Å². The Morgan fingerprint density at radius 1 is 0.906 bits per heavy atom. The van der Waals surface area contributed by atoms with Gasteiger partial charge >= 0.3 is 0 Å². The molecular formula is C23H24Cl4FN3O. The molecule has 0 atom stereocenters. The average molecular weight is 519 g/mol. The summed E-state index contributed by atoms with van der Waals surface area (Å²) < 4.78 is 18.4. The minimum absolute atomic E-state index is 0. The highest BCUT2D eigenvalue weighted by Gasteiger charge is 2.20. The van der Waals surface area contributed by atoms with Gasteiger partial charge in [0.25, 0.3) is 0 Å². The fourth-order valence-electron chi connectivity index (χ4n) is 3.72. The second kappa shape index (κ2) is 11.9. The molecule has 2 heterocycles. The summed E-state index contributed by atoms with van der Waals surface area (Å²) >= 11 is 12.6. The maximum Gasteiger partial charge on any atom is 0.156 e. The SMILES string of the molecule is COc1c(Cl)cc(N2CCN(Cc3cncc(-c4ccc(F)cc4)c3)CC2)cc1Cl.Cl.Cl. The lowest BCUT2D eigenvalue weighted by molar-refractivity contribution is 0.249. The van der Waals surface area contributed by atoms with Gasteiger partial charge in [-0.05, 0) is 41.5 Å². The molecule has 0 bridgehead atoms. The van der Waals surface area contributed by atoms with Gasteiger partial charge in [0.15, 0.2) is 5.75 Å². The number of pyridine rings is 1. The molecule has 172 valence electrons. The van der Waals surface area contributed by atoms with Crippen molar-refractivity contribution < 1.29 is 9.13 Å². The number of piperazine rings is 1. The zero-order chi connectivity index (χ0) is 21.1. The number of halogens is 5. The molecule has 1 aliphatic heterocycles. The fraction of sp³-hybridized carbons (Fsp3) is 0.261. The largest absolute Gasteiger partial charge is 0.494 e. The first-order chi connectivity index (χ1) is 14.5. The van der Waals surface area contributed by atoms with Crippen LogP contribution in [0.15, 0.2) is 54.9 Å². The summed E-state index contributed by atoms with van der Waals surface area (Å²) in [7, 11) is 1.56. The molecule has 4 nitrogen and oxygen atoms in total. The van der Waals surface area contributed by atoms with Crippen molar-refractivity contribution in [3.8, 4) is 16.9 Å². The molecule has 0 amide bonds. The van der Waals surface area contributed by atoms with Crippen LogP contribution in [0.4, 0.5) is 10.1 Å². The van der Waals surface area contributed by atoms with Crippen LogP contribution in [0.1, 0.15) is 5.56 Å². The average Bonchev–Trinajstić information content (AvgIpc) is 2.75. The Balaban J connectivity index is 0.00000181. The van der Waals surface area contributed by atoms with Crippen molar-refractivity contribution in [2.75, 3.05) is 38.2 Å². The summed E-state index contributed by atoms with van der Waals surface area (Å²) in [6, 6.07) is 12.4. The van der Waals surface area contributed by atoms with Crippen molar-refractivity contribution in [3.63, 3.8) is 0 Å². The molecule has 32 heavy (non-hydrogen) atoms. The highest BCUT2D eigenvalue weighted by molar-refractivity contribution is 6.37. The van der Waals surface area contributed by atoms with Crippen molar-refractivity contribution >= 4 is 53.7 Å². The van der Waals surface area contributed by atoms with E-state index in [1.807, 2.05) is 24.5 Å². The Labute approximate surface area is 210 Å². The van der Waals surface area contributed by atoms with Crippen molar-refractivity contribution in [2.24, 2.45) is 0 Å². The minimum Gasteiger partial charge on any atom is -0.494 e. The number of ether oxygens (including phenoxy) is 1. The smallest absolute Gasteiger partial charge is 0.156 e. The first-order valence-electron chi connectivity index (χ1n) is 9.73. The van der Waals surface area contributed by atoms with Gasteiger partial charge in [0.2, 0.25) is 0 Å². The van der Waals surface area contributed by atoms with Gasteiger partial charge in [-0.15, -0.1) is 24.8 Å². The van der Waals surface area contributed by atoms with Gasteiger partial charge in [-0.2, -0.15) is 0 Å². The van der Waals surface area contributed by atoms with E-state index in [9.17, 15) is 4.39 Å². The topological polar surface area (TPSA) is 28.6 Å². The first kappa shape index (κ1) is 26.5. The van der Waals surface area contributed by atoms with E-state index in [0.717, 1.165) is 55.1 Å². The highest BCUT2D eigenvalue weighted by Crippen LogP contribution is 2.37. The number of aromatic nitrogens is 1. The maximum absolute atomic E-state index is 13.2. The second-order valence-corrected chi connectivity index (χ2v) is 8.11. The van der Waals surface area contributed by atoms with E-state index in [0.29, 0.717) is 15.8 Å². The molecule has 1 fully saturated rings. The molecule has 1 aliphatic rings. The summed E-state index contributed by atoms with van der Waals surface area (Å²) in [6.07, 6.45) is 3.70. The number of hydrogen-bond donors (Lipinski definition) is 0. The number of anilines is 1. The lowest BCUT2D eigenvalue weighted by Gasteiger charge is -2.36. The molecule has 0 N–H and O–H groups in total. The Morgan fingerprint density at radius 2 is 1.53 bits per heavy atom. The summed E-state index contributed by atoms with van der Waals surface area (Å²) in [5.41, 5.74) is 4.10. The summed E-state index contributed by atoms with van der Waals surface area (Å²) in [5, 5.41) is 1.04. The van der Waals surface area contributed by atoms with E-state index in [1.54, 1.807) is 19.2 Å². The van der Waals surface area contributed by atoms with Crippen molar-refractivity contribution in [2.45, 2.75) is 6.54 Å². The number of rotatable bonds is 5. The second-order valence-electron chi connectivity index (χ2n) is 7.29. The molecule has 0 saturated carbocycles. The van der Waals surface area contributed by atoms with E-state index in [-0.39, 0.29) is 30.6 Å². The third-order valence-corrected chi connectivity index (χ3v) is 5.86. The zero-order valence-corrected chi connectivity index (χ0v) is 20.6. The van der Waals surface area contributed by atoms with E-state index < -0.39 is 0 Å². The van der Waals surface area contributed by atoms with Gasteiger partial charge in [-0.25, -0.2) is 4.39 Å². The maximum atomic E-state index is 13.2. The first-order valence-corrected chi connectivity index (χ1v) is 10.5. The number of benzene rings is 2. The standard InChI is InChI=1S/C23H22Cl2FN3O.2ClH/c1-30-23-21(24)11-20(12-22(23)25)29-8-6-28(7-9-29)15-16-10-18(14-27-13-16)17-2-4-19(26)5-3-17;;/h2-5,10-14H,6-9,15H2,1H3;2*1H. The van der Waals surface area contributed by atoms with Crippen LogP contribution in [0.25, 0.3) is 11.1 Å². The molecule has 1 aromatic heterocycles. The minimum atomic E-state index is -0.236. The molecule has 1 saturated heterocycles. The predicted octanol–water partition coefficient (Wildman–Crippen LogP) is 6.37. The quantitative estimate of drug-likeness (QED) is 0.392. The normalized spacial score (nSPS) is 13.8. The van der Waals surface area contributed by atoms with Gasteiger partial charge in [-0.1, -0.05) is 35.3 Å². The van der Waals surface area contributed by atoms with Crippen LogP contribution in [-0.2, 0) is 6.54 Å². The van der Waals surface area contributed by atoms with E-state index in [4.69, 9.17) is 27.9 Å². The Hall–Kier alpha value is -1.76. The van der Waals surface area contributed by atoms with Gasteiger partial charge in [0.05, 0.1) is 17.2 Å². The molecule has 0 spiro atoms. The van der Waals surface area contributed by atoms with Crippen LogP contribution in [0.2, 0.25) is 10.0 Å². The third-order valence-electron chi connectivity index (χ3n) is 5.30. The molecular weight excluding hydrogens is 495 g/mol. The summed E-state index contributed by atoms with van der Waals surface area (Å²) in [6.45, 7) is 4.41. The lowest BCUT2D eigenvalue weighted by atomic mass is 10.1. The third kappa shape index (κ3) is 6.18. The number of nitrogens with zero attached hydrogens (tertiary/aromatic N) is 3. The van der Waals surface area contributed by atoms with Crippen LogP contribution in [0.5, 0.6) is 5.75 Å². The monoisotopic (exact) mass is 517 g/mol. The zero-order valence-electron chi connectivity index (χ0n) is 17.4. The molecule has 2 aromatic carbocycles. The molecule has 0 unspecified atom stereocenters. The Morgan fingerprint density at radius 3 is 2.12 bits per heavy atom. The van der Waals surface area contributed by atoms with Crippen molar-refractivity contribution in [3.05, 3.63) is 76.3 Å². The molecule has 9 heteroatoms. The van der Waals surface area contributed by atoms with Crippen LogP contribution in [0.3, 0.4) is 0 Å². The molecule has 0 aliphatic carbocycles. The Kier molecular flexibility index (Phi) is 9.86. The summed E-state index contributed by atoms with van der Waals surface area (Å²) in [5.74, 6) is 0.273. The molecule has 0 radical (unpaired) electrons. The van der Waals surface area contributed by atoms with E-state index in [2.05, 4.69) is 20.9 Å². The molecule has 4 rings (SSSR count). The van der Waals surface area contributed by atoms with E-state index >= 15 is 0 Å². The highest BCUT2D eigenvalue weighted by atomic mass is 35.5. The fourth-order valence-corrected chi connectivity index (χ4v) is 4.35. The van der Waals surface area contributed by atoms with Crippen LogP contribution >= 0.6 is 48.0 Å². The lowest BCUT2D eigenvalue weighted by Crippen LogP contribution is -2.46. The van der Waals surface area contributed by atoms with Crippen molar-refractivity contribution in [1.29, 1.82) is 0 Å². The number of methoxy groups -OCH3 is 1. The van der Waals surface area contributed by atoms with Gasteiger partial charge in [0, 0.05) is 56.4 Å². The predicted molar refractivity (Wildman–Crippen MR) is 135 cm³/mol. The van der Waals surface area contributed by atoms with Gasteiger partial charge in [0.1, 0.15) is 5.82 Å². The molecule has 3 aromatic rings. The van der Waals surface area contributed by atoms with Gasteiger partial charge in [-0.3, -0.25) is 9.88 Å². The number of hydrogen-bond acceptors (Lipinski definition) is 4. The Bertz CT molecular complexity index is 1010.